The lowest BCUT2D eigenvalue weighted by atomic mass is 10.0. The van der Waals surface area contributed by atoms with Gasteiger partial charge in [0, 0.05) is 23.7 Å². The lowest BCUT2D eigenvalue weighted by molar-refractivity contribution is -0.135. The van der Waals surface area contributed by atoms with Crippen molar-refractivity contribution < 1.29 is 19.1 Å². The maximum atomic E-state index is 13.6. The van der Waals surface area contributed by atoms with E-state index in [1.807, 2.05) is 65.7 Å². The van der Waals surface area contributed by atoms with Gasteiger partial charge in [0.15, 0.2) is 11.5 Å². The van der Waals surface area contributed by atoms with Crippen LogP contribution in [0.5, 0.6) is 11.5 Å². The Balaban J connectivity index is 1.49. The zero-order chi connectivity index (χ0) is 25.5. The zero-order valence-electron chi connectivity index (χ0n) is 20.6. The van der Waals surface area contributed by atoms with E-state index in [2.05, 4.69) is 18.0 Å². The Kier molecular flexibility index (Phi) is 8.28. The number of benzene rings is 2. The summed E-state index contributed by atoms with van der Waals surface area (Å²) in [7, 11) is 1.60. The van der Waals surface area contributed by atoms with Crippen molar-refractivity contribution in [1.82, 2.24) is 9.80 Å². The van der Waals surface area contributed by atoms with Gasteiger partial charge in [0.05, 0.1) is 13.2 Å². The van der Waals surface area contributed by atoms with Gasteiger partial charge >= 0.3 is 6.03 Å². The number of anilines is 1. The Labute approximate surface area is 215 Å². The van der Waals surface area contributed by atoms with Crippen LogP contribution < -0.4 is 14.8 Å². The van der Waals surface area contributed by atoms with E-state index >= 15 is 0 Å². The molecule has 0 bridgehead atoms. The first-order chi connectivity index (χ1) is 17.5. The molecule has 2 aromatic carbocycles. The predicted octanol–water partition coefficient (Wildman–Crippen LogP) is 5.29. The SMILES string of the molecule is C=CCN(CC(=O)N1CCc2sccc2[C@H]1COc1ccccc1OC)C(=O)Nc1ccc(C)cc1. The van der Waals surface area contributed by atoms with Gasteiger partial charge < -0.3 is 24.6 Å². The normalized spacial score (nSPS) is 14.5. The fraction of sp³-hybridized carbons (Fsp3) is 0.286. The molecular formula is C28H31N3O4S. The van der Waals surface area contributed by atoms with Gasteiger partial charge in [-0.1, -0.05) is 35.9 Å². The molecule has 4 rings (SSSR count). The minimum Gasteiger partial charge on any atom is -0.493 e. The maximum Gasteiger partial charge on any atom is 0.322 e. The standard InChI is InChI=1S/C28H31N3O4S/c1-4-15-30(28(33)29-21-11-9-20(2)10-12-21)18-27(32)31-16-13-26-22(14-17-36-26)23(31)19-35-25-8-6-5-7-24(25)34-3/h4-12,14,17,23H,1,13,15-16,18-19H2,2-3H3,(H,29,33)/t23-/m1/s1. The summed E-state index contributed by atoms with van der Waals surface area (Å²) >= 11 is 1.70. The second-order valence-electron chi connectivity index (χ2n) is 8.58. The van der Waals surface area contributed by atoms with Crippen LogP contribution in [0.15, 0.2) is 72.6 Å². The number of aryl methyl sites for hydroxylation is 1. The molecule has 0 spiro atoms. The van der Waals surface area contributed by atoms with Gasteiger partial charge in [-0.15, -0.1) is 17.9 Å². The Hall–Kier alpha value is -3.78. The summed E-state index contributed by atoms with van der Waals surface area (Å²) in [6.45, 7) is 6.79. The molecular weight excluding hydrogens is 474 g/mol. The fourth-order valence-corrected chi connectivity index (χ4v) is 5.18. The zero-order valence-corrected chi connectivity index (χ0v) is 21.4. The molecule has 36 heavy (non-hydrogen) atoms. The molecule has 3 amide bonds. The Morgan fingerprint density at radius 1 is 1.17 bits per heavy atom. The van der Waals surface area contributed by atoms with E-state index in [1.165, 1.54) is 9.78 Å². The van der Waals surface area contributed by atoms with Crippen molar-refractivity contribution >= 4 is 29.0 Å². The second kappa shape index (κ2) is 11.8. The van der Waals surface area contributed by atoms with Gasteiger partial charge in [-0.25, -0.2) is 4.79 Å². The number of carbonyl (C=O) groups is 2. The fourth-order valence-electron chi connectivity index (χ4n) is 4.25. The van der Waals surface area contributed by atoms with E-state index in [1.54, 1.807) is 24.5 Å². The molecule has 8 heteroatoms. The first-order valence-corrected chi connectivity index (χ1v) is 12.7. The number of hydrogen-bond donors (Lipinski definition) is 1. The highest BCUT2D eigenvalue weighted by atomic mass is 32.1. The van der Waals surface area contributed by atoms with E-state index in [-0.39, 0.29) is 37.7 Å². The number of para-hydroxylation sites is 2. The van der Waals surface area contributed by atoms with Crippen LogP contribution in [-0.2, 0) is 11.2 Å². The first-order valence-electron chi connectivity index (χ1n) is 11.8. The van der Waals surface area contributed by atoms with Crippen molar-refractivity contribution in [2.24, 2.45) is 0 Å². The summed E-state index contributed by atoms with van der Waals surface area (Å²) in [6.07, 6.45) is 2.40. The van der Waals surface area contributed by atoms with E-state index < -0.39 is 0 Å². The topological polar surface area (TPSA) is 71.1 Å². The van der Waals surface area contributed by atoms with Crippen molar-refractivity contribution in [1.29, 1.82) is 0 Å². The van der Waals surface area contributed by atoms with E-state index in [0.29, 0.717) is 23.7 Å². The molecule has 0 radical (unpaired) electrons. The number of nitrogens with one attached hydrogen (secondary N) is 1. The maximum absolute atomic E-state index is 13.6. The highest BCUT2D eigenvalue weighted by Gasteiger charge is 2.33. The molecule has 1 aliphatic heterocycles. The number of fused-ring (bicyclic) bond motifs is 1. The average molecular weight is 506 g/mol. The molecule has 3 aromatic rings. The van der Waals surface area contributed by atoms with Gasteiger partial charge in [0.25, 0.3) is 0 Å². The molecule has 0 saturated heterocycles. The number of hydrogen-bond acceptors (Lipinski definition) is 5. The van der Waals surface area contributed by atoms with Crippen LogP contribution in [0.25, 0.3) is 0 Å². The minimum atomic E-state index is -0.345. The summed E-state index contributed by atoms with van der Waals surface area (Å²) in [5, 5.41) is 4.93. The second-order valence-corrected chi connectivity index (χ2v) is 9.58. The lowest BCUT2D eigenvalue weighted by Crippen LogP contribution is -2.48. The Morgan fingerprint density at radius 2 is 1.92 bits per heavy atom. The summed E-state index contributed by atoms with van der Waals surface area (Å²) in [6, 6.07) is 16.5. The number of rotatable bonds is 9. The number of urea groups is 1. The third-order valence-electron chi connectivity index (χ3n) is 6.15. The van der Waals surface area contributed by atoms with E-state index in [4.69, 9.17) is 9.47 Å². The molecule has 2 heterocycles. The number of ether oxygens (including phenoxy) is 2. The van der Waals surface area contributed by atoms with Crippen LogP contribution in [0.3, 0.4) is 0 Å². The summed E-state index contributed by atoms with van der Waals surface area (Å²) in [5.74, 6) is 1.13. The van der Waals surface area contributed by atoms with Crippen molar-refractivity contribution in [2.75, 3.05) is 38.7 Å². The highest BCUT2D eigenvalue weighted by Crippen LogP contribution is 2.35. The van der Waals surface area contributed by atoms with Crippen LogP contribution in [-0.4, -0.2) is 55.1 Å². The Morgan fingerprint density at radius 3 is 2.64 bits per heavy atom. The smallest absolute Gasteiger partial charge is 0.322 e. The van der Waals surface area contributed by atoms with E-state index in [9.17, 15) is 9.59 Å². The van der Waals surface area contributed by atoms with Crippen LogP contribution in [0, 0.1) is 6.92 Å². The summed E-state index contributed by atoms with van der Waals surface area (Å²) < 4.78 is 11.6. The Bertz CT molecular complexity index is 1210. The van der Waals surface area contributed by atoms with Crippen LogP contribution >= 0.6 is 11.3 Å². The highest BCUT2D eigenvalue weighted by molar-refractivity contribution is 7.10. The minimum absolute atomic E-state index is 0.0612. The number of amides is 3. The molecule has 1 N–H and O–H groups in total. The average Bonchev–Trinajstić information content (AvgIpc) is 3.37. The number of thiophene rings is 1. The first kappa shape index (κ1) is 25.3. The largest absolute Gasteiger partial charge is 0.493 e. The van der Waals surface area contributed by atoms with Crippen LogP contribution in [0.2, 0.25) is 0 Å². The predicted molar refractivity (Wildman–Crippen MR) is 143 cm³/mol. The molecule has 1 atom stereocenters. The van der Waals surface area contributed by atoms with Gasteiger partial charge in [-0.2, -0.15) is 0 Å². The van der Waals surface area contributed by atoms with Crippen LogP contribution in [0.4, 0.5) is 10.5 Å². The monoisotopic (exact) mass is 505 g/mol. The van der Waals surface area contributed by atoms with Gasteiger partial charge in [-0.3, -0.25) is 4.79 Å². The quantitative estimate of drug-likeness (QED) is 0.401. The van der Waals surface area contributed by atoms with Gasteiger partial charge in [-0.05, 0) is 54.6 Å². The van der Waals surface area contributed by atoms with Crippen LogP contribution in [0.1, 0.15) is 22.0 Å². The molecule has 1 aliphatic rings. The molecule has 0 unspecified atom stereocenters. The third-order valence-corrected chi connectivity index (χ3v) is 7.14. The summed E-state index contributed by atoms with van der Waals surface area (Å²) in [4.78, 5) is 31.1. The molecule has 0 saturated carbocycles. The lowest BCUT2D eigenvalue weighted by Gasteiger charge is -2.37. The van der Waals surface area contributed by atoms with E-state index in [0.717, 1.165) is 17.5 Å². The number of methoxy groups -OCH3 is 1. The molecule has 0 aliphatic carbocycles. The molecule has 7 nitrogen and oxygen atoms in total. The number of carbonyl (C=O) groups excluding carboxylic acids is 2. The van der Waals surface area contributed by atoms with Gasteiger partial charge in [0.2, 0.25) is 5.91 Å². The van der Waals surface area contributed by atoms with Crippen molar-refractivity contribution in [2.45, 2.75) is 19.4 Å². The number of nitrogens with zero attached hydrogens (tertiary/aromatic N) is 2. The molecule has 0 fully saturated rings. The third kappa shape index (κ3) is 5.88. The summed E-state index contributed by atoms with van der Waals surface area (Å²) in [5.41, 5.74) is 2.87. The van der Waals surface area contributed by atoms with Gasteiger partial charge in [0.1, 0.15) is 13.2 Å². The molecule has 1 aromatic heterocycles. The van der Waals surface area contributed by atoms with Crippen molar-refractivity contribution in [3.05, 3.63) is 88.6 Å². The molecule has 188 valence electrons. The van der Waals surface area contributed by atoms with Crippen molar-refractivity contribution in [3.8, 4) is 11.5 Å². The van der Waals surface area contributed by atoms with Crippen molar-refractivity contribution in [3.63, 3.8) is 0 Å².